The molecule has 0 aromatic heterocycles. The molecule has 2 atom stereocenters. The van der Waals surface area contributed by atoms with Gasteiger partial charge in [0.1, 0.15) is 6.61 Å². The highest BCUT2D eigenvalue weighted by molar-refractivity contribution is 5.79. The second-order valence-corrected chi connectivity index (χ2v) is 5.87. The molecule has 0 radical (unpaired) electrons. The summed E-state index contributed by atoms with van der Waals surface area (Å²) in [5, 5.41) is 0. The van der Waals surface area contributed by atoms with Crippen molar-refractivity contribution in [1.29, 1.82) is 0 Å². The zero-order chi connectivity index (χ0) is 16.7. The molecule has 1 aromatic rings. The van der Waals surface area contributed by atoms with Gasteiger partial charge in [0.2, 0.25) is 5.91 Å². The molecule has 1 aliphatic rings. The Labute approximate surface area is 136 Å². The fraction of sp³-hybridized carbons (Fsp3) is 0.588. The molecule has 0 bridgehead atoms. The summed E-state index contributed by atoms with van der Waals surface area (Å²) in [6, 6.07) is 6.37. The number of nitrogens with two attached hydrogens (primary N) is 1. The number of hydrogen-bond acceptors (Lipinski definition) is 4. The maximum absolute atomic E-state index is 13.5. The van der Waals surface area contributed by atoms with Crippen molar-refractivity contribution >= 4 is 5.91 Å². The van der Waals surface area contributed by atoms with Gasteiger partial charge in [-0.15, -0.1) is 0 Å². The molecule has 6 heteroatoms. The number of amides is 1. The van der Waals surface area contributed by atoms with E-state index in [0.717, 1.165) is 19.3 Å². The Bertz CT molecular complexity index is 512. The highest BCUT2D eigenvalue weighted by Crippen LogP contribution is 2.26. The van der Waals surface area contributed by atoms with E-state index < -0.39 is 5.82 Å². The van der Waals surface area contributed by atoms with Crippen LogP contribution in [0, 0.1) is 11.7 Å². The number of methoxy groups -OCH3 is 1. The summed E-state index contributed by atoms with van der Waals surface area (Å²) in [7, 11) is 1.60. The van der Waals surface area contributed by atoms with Crippen molar-refractivity contribution in [3.05, 3.63) is 30.1 Å². The monoisotopic (exact) mass is 324 g/mol. The van der Waals surface area contributed by atoms with E-state index in [0.29, 0.717) is 19.7 Å². The van der Waals surface area contributed by atoms with Gasteiger partial charge in [0.05, 0.1) is 13.2 Å². The molecule has 0 spiro atoms. The van der Waals surface area contributed by atoms with Gasteiger partial charge >= 0.3 is 0 Å². The number of halogens is 1. The van der Waals surface area contributed by atoms with E-state index in [1.54, 1.807) is 30.2 Å². The molecular weight excluding hydrogens is 299 g/mol. The van der Waals surface area contributed by atoms with Crippen molar-refractivity contribution in [3.63, 3.8) is 0 Å². The predicted octanol–water partition coefficient (Wildman–Crippen LogP) is 1.81. The second kappa shape index (κ2) is 8.84. The molecule has 0 heterocycles. The zero-order valence-electron chi connectivity index (χ0n) is 13.5. The molecule has 0 unspecified atom stereocenters. The number of rotatable bonds is 8. The molecule has 1 aromatic carbocycles. The average molecular weight is 324 g/mol. The lowest BCUT2D eigenvalue weighted by Crippen LogP contribution is -2.40. The lowest BCUT2D eigenvalue weighted by Gasteiger charge is -2.25. The van der Waals surface area contributed by atoms with Crippen LogP contribution in [0.2, 0.25) is 0 Å². The zero-order valence-corrected chi connectivity index (χ0v) is 13.5. The maximum atomic E-state index is 13.5. The Balaban J connectivity index is 1.87. The topological polar surface area (TPSA) is 64.8 Å². The van der Waals surface area contributed by atoms with Crippen molar-refractivity contribution in [2.45, 2.75) is 25.3 Å². The van der Waals surface area contributed by atoms with Crippen LogP contribution in [0.1, 0.15) is 19.3 Å². The Kier molecular flexibility index (Phi) is 6.80. The first-order chi connectivity index (χ1) is 11.1. The molecule has 2 N–H and O–H groups in total. The van der Waals surface area contributed by atoms with Crippen LogP contribution in [0.3, 0.4) is 0 Å². The van der Waals surface area contributed by atoms with Crippen molar-refractivity contribution in [1.82, 2.24) is 4.90 Å². The van der Waals surface area contributed by atoms with Gasteiger partial charge in [0, 0.05) is 25.6 Å². The summed E-state index contributed by atoms with van der Waals surface area (Å²) in [4.78, 5) is 14.3. The molecule has 23 heavy (non-hydrogen) atoms. The number of benzene rings is 1. The summed E-state index contributed by atoms with van der Waals surface area (Å²) in [6.45, 7) is 1.61. The van der Waals surface area contributed by atoms with E-state index in [4.69, 9.17) is 15.2 Å². The first kappa shape index (κ1) is 17.7. The van der Waals surface area contributed by atoms with Gasteiger partial charge in [-0.1, -0.05) is 12.1 Å². The van der Waals surface area contributed by atoms with E-state index in [9.17, 15) is 9.18 Å². The standard InChI is InChI=1S/C17H25FN2O3/c1-22-10-8-20(17(21)13-6-7-14(19)12-13)9-11-23-16-5-3-2-4-15(16)18/h2-5,13-14H,6-12,19H2,1H3/t13-,14+/m1/s1. The number of carbonyl (C=O) groups excluding carboxylic acids is 1. The minimum atomic E-state index is -0.399. The number of hydrogen-bond donors (Lipinski definition) is 1. The van der Waals surface area contributed by atoms with Gasteiger partial charge in [-0.05, 0) is 31.4 Å². The minimum absolute atomic E-state index is 0.0182. The van der Waals surface area contributed by atoms with Crippen molar-refractivity contribution in [3.8, 4) is 5.75 Å². The van der Waals surface area contributed by atoms with Crippen LogP contribution in [-0.2, 0) is 9.53 Å². The fourth-order valence-electron chi connectivity index (χ4n) is 2.86. The molecule has 1 amide bonds. The van der Waals surface area contributed by atoms with Crippen LogP contribution >= 0.6 is 0 Å². The maximum Gasteiger partial charge on any atom is 0.225 e. The molecule has 0 aliphatic heterocycles. The Hall–Kier alpha value is -1.66. The molecule has 128 valence electrons. The number of para-hydroxylation sites is 1. The lowest BCUT2D eigenvalue weighted by atomic mass is 10.1. The number of ether oxygens (including phenoxy) is 2. The normalized spacial score (nSPS) is 20.5. The average Bonchev–Trinajstić information content (AvgIpc) is 2.98. The molecule has 0 saturated heterocycles. The van der Waals surface area contributed by atoms with Crippen LogP contribution in [0.5, 0.6) is 5.75 Å². The summed E-state index contributed by atoms with van der Waals surface area (Å²) in [6.07, 6.45) is 2.45. The SMILES string of the molecule is COCCN(CCOc1ccccc1F)C(=O)[C@@H]1CC[C@H](N)C1. The number of carbonyl (C=O) groups is 1. The van der Waals surface area contributed by atoms with Crippen LogP contribution in [0.25, 0.3) is 0 Å². The van der Waals surface area contributed by atoms with E-state index in [1.165, 1.54) is 6.07 Å². The smallest absolute Gasteiger partial charge is 0.225 e. The van der Waals surface area contributed by atoms with Crippen LogP contribution in [-0.4, -0.2) is 50.3 Å². The van der Waals surface area contributed by atoms with Gasteiger partial charge < -0.3 is 20.1 Å². The van der Waals surface area contributed by atoms with Gasteiger partial charge in [-0.25, -0.2) is 4.39 Å². The molecule has 5 nitrogen and oxygen atoms in total. The van der Waals surface area contributed by atoms with Gasteiger partial charge in [-0.3, -0.25) is 4.79 Å². The lowest BCUT2D eigenvalue weighted by molar-refractivity contribution is -0.136. The largest absolute Gasteiger partial charge is 0.489 e. The molecule has 1 fully saturated rings. The Morgan fingerprint density at radius 3 is 2.70 bits per heavy atom. The highest BCUT2D eigenvalue weighted by Gasteiger charge is 2.30. The predicted molar refractivity (Wildman–Crippen MR) is 85.7 cm³/mol. The minimum Gasteiger partial charge on any atom is -0.489 e. The summed E-state index contributed by atoms with van der Waals surface area (Å²) < 4.78 is 24.0. The van der Waals surface area contributed by atoms with E-state index >= 15 is 0 Å². The number of nitrogens with zero attached hydrogens (tertiary/aromatic N) is 1. The van der Waals surface area contributed by atoms with Crippen LogP contribution in [0.15, 0.2) is 24.3 Å². The second-order valence-electron chi connectivity index (χ2n) is 5.87. The molecule has 1 aliphatic carbocycles. The van der Waals surface area contributed by atoms with Crippen LogP contribution < -0.4 is 10.5 Å². The highest BCUT2D eigenvalue weighted by atomic mass is 19.1. The third-order valence-corrected chi connectivity index (χ3v) is 4.15. The molecule has 2 rings (SSSR count). The van der Waals surface area contributed by atoms with E-state index in [1.807, 2.05) is 0 Å². The quantitative estimate of drug-likeness (QED) is 0.792. The molecular formula is C17H25FN2O3. The Morgan fingerprint density at radius 1 is 1.30 bits per heavy atom. The van der Waals surface area contributed by atoms with Gasteiger partial charge in [0.15, 0.2) is 11.6 Å². The van der Waals surface area contributed by atoms with E-state index in [2.05, 4.69) is 0 Å². The van der Waals surface area contributed by atoms with Crippen molar-refractivity contribution in [2.75, 3.05) is 33.4 Å². The van der Waals surface area contributed by atoms with Crippen LogP contribution in [0.4, 0.5) is 4.39 Å². The summed E-state index contributed by atoms with van der Waals surface area (Å²) in [5.74, 6) is -0.124. The van der Waals surface area contributed by atoms with Gasteiger partial charge in [0.25, 0.3) is 0 Å². The van der Waals surface area contributed by atoms with Crippen molar-refractivity contribution < 1.29 is 18.7 Å². The third kappa shape index (κ3) is 5.18. The van der Waals surface area contributed by atoms with Crippen molar-refractivity contribution in [2.24, 2.45) is 11.7 Å². The third-order valence-electron chi connectivity index (χ3n) is 4.15. The molecule has 1 saturated carbocycles. The van der Waals surface area contributed by atoms with E-state index in [-0.39, 0.29) is 30.2 Å². The first-order valence-corrected chi connectivity index (χ1v) is 8.02. The fourth-order valence-corrected chi connectivity index (χ4v) is 2.86. The summed E-state index contributed by atoms with van der Waals surface area (Å²) in [5.41, 5.74) is 5.89. The van der Waals surface area contributed by atoms with Gasteiger partial charge in [-0.2, -0.15) is 0 Å². The summed E-state index contributed by atoms with van der Waals surface area (Å²) >= 11 is 0. The first-order valence-electron chi connectivity index (χ1n) is 8.02. The Morgan fingerprint density at radius 2 is 2.04 bits per heavy atom.